The molecule has 7 aromatic rings. The Hall–Kier alpha value is -7.40. The fourth-order valence-corrected chi connectivity index (χ4v) is 9.56. The molecule has 1 aliphatic heterocycles. The highest BCUT2D eigenvalue weighted by Crippen LogP contribution is 2.53. The highest BCUT2D eigenvalue weighted by Gasteiger charge is 2.37. The third-order valence-corrected chi connectivity index (χ3v) is 12.2. The molecule has 0 unspecified atom stereocenters. The van der Waals surface area contributed by atoms with Crippen molar-refractivity contribution in [1.29, 1.82) is 10.5 Å². The van der Waals surface area contributed by atoms with Crippen molar-refractivity contribution >= 4 is 68.4 Å². The van der Waals surface area contributed by atoms with Gasteiger partial charge in [0.25, 0.3) is 11.4 Å². The van der Waals surface area contributed by atoms with Crippen molar-refractivity contribution in [1.82, 2.24) is 8.75 Å². The number of aromatic nitrogens is 2. The zero-order chi connectivity index (χ0) is 38.6. The third-order valence-electron chi connectivity index (χ3n) is 10.6. The van der Waals surface area contributed by atoms with Crippen LogP contribution in [0.15, 0.2) is 138 Å². The SMILES string of the molecule is [C-]#[N+]/C(C#N)=C1\C(=Cc2ccc(-c3ccc(-c4ccc5c(c4)C(C)(C)c4ccccc4N5c4ccccc4)c4nsnc34)s2)/C(=C(/C#N)[N+]#[C-])c2ccccc21. The van der Waals surface area contributed by atoms with E-state index in [1.54, 1.807) is 0 Å². The average molecular weight is 754 g/mol. The molecule has 0 fully saturated rings. The van der Waals surface area contributed by atoms with Gasteiger partial charge in [-0.3, -0.25) is 0 Å². The monoisotopic (exact) mass is 753 g/mol. The summed E-state index contributed by atoms with van der Waals surface area (Å²) in [6.07, 6.45) is 1.88. The molecule has 2 aliphatic rings. The Morgan fingerprint density at radius 1 is 0.679 bits per heavy atom. The van der Waals surface area contributed by atoms with Gasteiger partial charge in [-0.25, -0.2) is 20.2 Å². The second-order valence-electron chi connectivity index (χ2n) is 13.9. The second kappa shape index (κ2) is 13.5. The van der Waals surface area contributed by atoms with E-state index < -0.39 is 0 Å². The molecule has 5 aromatic carbocycles. The molecule has 262 valence electrons. The fourth-order valence-electron chi connectivity index (χ4n) is 8.00. The van der Waals surface area contributed by atoms with Crippen LogP contribution >= 0.6 is 23.1 Å². The van der Waals surface area contributed by atoms with Crippen LogP contribution in [0.5, 0.6) is 0 Å². The predicted octanol–water partition coefficient (Wildman–Crippen LogP) is 12.6. The molecule has 0 saturated heterocycles. The van der Waals surface area contributed by atoms with Crippen LogP contribution in [0.2, 0.25) is 0 Å². The van der Waals surface area contributed by atoms with Crippen LogP contribution in [0.25, 0.3) is 59.5 Å². The van der Waals surface area contributed by atoms with Gasteiger partial charge >= 0.3 is 0 Å². The standard InChI is InChI=1S/C47H27N7S2/c1-47(2)36-16-10-11-17-40(36)54(29-12-6-5-7-13-29)41-22-18-28(24-37(41)47)31-20-21-34(46-45(31)52-56-53-46)42-23-19-30(55-42)25-35-43(38(26-48)50-3)32-14-8-9-15-33(32)44(35)39(27-49)51-4/h5-25H,1-2H3/b43-38-,44-39-. The van der Waals surface area contributed by atoms with Crippen LogP contribution in [-0.4, -0.2) is 8.75 Å². The summed E-state index contributed by atoms with van der Waals surface area (Å²) >= 11 is 2.71. The lowest BCUT2D eigenvalue weighted by Crippen LogP contribution is -2.30. The third kappa shape index (κ3) is 5.27. The van der Waals surface area contributed by atoms with E-state index in [1.165, 1.54) is 39.9 Å². The Balaban J connectivity index is 1.14. The topological polar surface area (TPSA) is 85.3 Å². The molecule has 1 aliphatic carbocycles. The minimum absolute atomic E-state index is 0.0915. The number of para-hydroxylation sites is 2. The first-order chi connectivity index (χ1) is 27.4. The maximum atomic E-state index is 9.95. The zero-order valence-electron chi connectivity index (χ0n) is 30.1. The Kier molecular flexibility index (Phi) is 8.27. The second-order valence-corrected chi connectivity index (χ2v) is 15.5. The maximum absolute atomic E-state index is 9.95. The predicted molar refractivity (Wildman–Crippen MR) is 226 cm³/mol. The lowest BCUT2D eigenvalue weighted by molar-refractivity contribution is 0.632. The minimum Gasteiger partial charge on any atom is -0.310 e. The minimum atomic E-state index is -0.259. The van der Waals surface area contributed by atoms with Crippen molar-refractivity contribution in [2.24, 2.45) is 0 Å². The van der Waals surface area contributed by atoms with Gasteiger partial charge in [-0.05, 0) is 81.9 Å². The molecule has 7 nitrogen and oxygen atoms in total. The van der Waals surface area contributed by atoms with Gasteiger partial charge in [-0.1, -0.05) is 92.7 Å². The first-order valence-corrected chi connectivity index (χ1v) is 19.2. The summed E-state index contributed by atoms with van der Waals surface area (Å²) in [5.41, 5.74) is 12.8. The van der Waals surface area contributed by atoms with Crippen molar-refractivity contribution in [3.8, 4) is 33.7 Å². The Bertz CT molecular complexity index is 2960. The molecule has 0 radical (unpaired) electrons. The average Bonchev–Trinajstić information content (AvgIpc) is 3.99. The summed E-state index contributed by atoms with van der Waals surface area (Å²) in [7, 11) is 0. The van der Waals surface area contributed by atoms with Crippen molar-refractivity contribution in [2.45, 2.75) is 19.3 Å². The zero-order valence-corrected chi connectivity index (χ0v) is 31.7. The molecular formula is C47H27N7S2. The molecule has 56 heavy (non-hydrogen) atoms. The first-order valence-electron chi connectivity index (χ1n) is 17.7. The van der Waals surface area contributed by atoms with Crippen molar-refractivity contribution in [2.75, 3.05) is 4.90 Å². The Labute approximate surface area is 332 Å². The number of nitriles is 2. The van der Waals surface area contributed by atoms with Gasteiger partial charge in [0, 0.05) is 43.1 Å². The molecule has 0 N–H and O–H groups in total. The van der Waals surface area contributed by atoms with Crippen LogP contribution in [0, 0.1) is 35.8 Å². The van der Waals surface area contributed by atoms with Crippen molar-refractivity contribution in [3.05, 3.63) is 188 Å². The summed E-state index contributed by atoms with van der Waals surface area (Å²) in [6, 6.07) is 45.4. The maximum Gasteiger partial charge on any atom is 0.270 e. The van der Waals surface area contributed by atoms with Gasteiger partial charge < -0.3 is 4.90 Å². The number of hydrogen-bond acceptors (Lipinski definition) is 7. The van der Waals surface area contributed by atoms with Gasteiger partial charge in [0.15, 0.2) is 0 Å². The quantitative estimate of drug-likeness (QED) is 0.132. The number of allylic oxidation sites excluding steroid dienone is 5. The highest BCUT2D eigenvalue weighted by atomic mass is 32.1. The summed E-state index contributed by atoms with van der Waals surface area (Å²) in [5.74, 6) is 0. The van der Waals surface area contributed by atoms with Crippen LogP contribution in [0.3, 0.4) is 0 Å². The molecule has 2 aromatic heterocycles. The summed E-state index contributed by atoms with van der Waals surface area (Å²) in [6.45, 7) is 20.1. The van der Waals surface area contributed by atoms with Crippen molar-refractivity contribution < 1.29 is 0 Å². The molecule has 9 heteroatoms. The van der Waals surface area contributed by atoms with Gasteiger partial charge in [-0.2, -0.15) is 8.75 Å². The van der Waals surface area contributed by atoms with E-state index in [4.69, 9.17) is 21.9 Å². The number of fused-ring (bicyclic) bond motifs is 4. The van der Waals surface area contributed by atoms with E-state index in [0.29, 0.717) is 27.8 Å². The molecular weight excluding hydrogens is 727 g/mol. The summed E-state index contributed by atoms with van der Waals surface area (Å²) < 4.78 is 9.61. The summed E-state index contributed by atoms with van der Waals surface area (Å²) in [4.78, 5) is 11.2. The number of rotatable bonds is 4. The Morgan fingerprint density at radius 3 is 1.96 bits per heavy atom. The smallest absolute Gasteiger partial charge is 0.270 e. The van der Waals surface area contributed by atoms with Crippen LogP contribution in [-0.2, 0) is 5.41 Å². The van der Waals surface area contributed by atoms with E-state index in [2.05, 4.69) is 107 Å². The number of anilines is 3. The van der Waals surface area contributed by atoms with Gasteiger partial charge in [0.1, 0.15) is 11.0 Å². The summed E-state index contributed by atoms with van der Waals surface area (Å²) in [5, 5.41) is 19.9. The molecule has 0 amide bonds. The molecule has 0 atom stereocenters. The number of nitrogens with zero attached hydrogens (tertiary/aromatic N) is 7. The molecule has 3 heterocycles. The normalized spacial score (nSPS) is 15.4. The Morgan fingerprint density at radius 2 is 1.29 bits per heavy atom. The van der Waals surface area contributed by atoms with Crippen molar-refractivity contribution in [3.63, 3.8) is 0 Å². The molecule has 9 rings (SSSR count). The number of benzene rings is 5. The number of thiophene rings is 1. The van der Waals surface area contributed by atoms with Gasteiger partial charge in [0.05, 0.1) is 48.4 Å². The highest BCUT2D eigenvalue weighted by molar-refractivity contribution is 7.16. The molecule has 0 bridgehead atoms. The van der Waals surface area contributed by atoms with E-state index in [1.807, 2.05) is 60.7 Å². The lowest BCUT2D eigenvalue weighted by atomic mass is 9.73. The van der Waals surface area contributed by atoms with Crippen LogP contribution in [0.1, 0.15) is 41.0 Å². The fraction of sp³-hybridized carbons (Fsp3) is 0.0638. The first kappa shape index (κ1) is 34.4. The van der Waals surface area contributed by atoms with E-state index in [-0.39, 0.29) is 16.8 Å². The molecule has 0 saturated carbocycles. The largest absolute Gasteiger partial charge is 0.310 e. The van der Waals surface area contributed by atoms with Crippen LogP contribution in [0.4, 0.5) is 17.1 Å². The molecule has 0 spiro atoms. The van der Waals surface area contributed by atoms with E-state index >= 15 is 0 Å². The van der Waals surface area contributed by atoms with E-state index in [0.717, 1.165) is 48.9 Å². The van der Waals surface area contributed by atoms with Gasteiger partial charge in [0.2, 0.25) is 0 Å². The lowest BCUT2D eigenvalue weighted by Gasteiger charge is -2.42. The van der Waals surface area contributed by atoms with Crippen LogP contribution < -0.4 is 4.90 Å². The van der Waals surface area contributed by atoms with E-state index in [9.17, 15) is 10.5 Å². The number of hydrogen-bond donors (Lipinski definition) is 0. The van der Waals surface area contributed by atoms with Gasteiger partial charge in [-0.15, -0.1) is 11.3 Å².